The van der Waals surface area contributed by atoms with Crippen LogP contribution in [0.15, 0.2) is 51.7 Å². The van der Waals surface area contributed by atoms with Gasteiger partial charge in [0, 0.05) is 9.90 Å². The molecule has 0 radical (unpaired) electrons. The summed E-state index contributed by atoms with van der Waals surface area (Å²) < 4.78 is 5.94. The van der Waals surface area contributed by atoms with Gasteiger partial charge in [-0.3, -0.25) is 14.5 Å². The number of carbonyl (C=O) groups is 1. The van der Waals surface area contributed by atoms with E-state index >= 15 is 0 Å². The van der Waals surface area contributed by atoms with Gasteiger partial charge in [-0.1, -0.05) is 41.4 Å². The Hall–Kier alpha value is -2.96. The molecule has 4 aromatic rings. The van der Waals surface area contributed by atoms with Crippen molar-refractivity contribution >= 4 is 44.9 Å². The molecule has 0 spiro atoms. The Bertz CT molecular complexity index is 1370. The van der Waals surface area contributed by atoms with E-state index in [0.717, 1.165) is 21.7 Å². The number of hydrogen-bond acceptors (Lipinski definition) is 5. The van der Waals surface area contributed by atoms with E-state index in [0.29, 0.717) is 26.7 Å². The van der Waals surface area contributed by atoms with E-state index in [2.05, 4.69) is 4.98 Å². The van der Waals surface area contributed by atoms with Gasteiger partial charge >= 0.3 is 0 Å². The van der Waals surface area contributed by atoms with Crippen LogP contribution in [0.4, 0.5) is 5.13 Å². The van der Waals surface area contributed by atoms with Crippen molar-refractivity contribution in [2.24, 2.45) is 0 Å². The van der Waals surface area contributed by atoms with Crippen LogP contribution in [-0.4, -0.2) is 10.9 Å². The maximum atomic E-state index is 13.5. The minimum absolute atomic E-state index is 0.0610. The number of carbonyl (C=O) groups excluding carboxylic acids is 1. The minimum Gasteiger partial charge on any atom is -0.450 e. The van der Waals surface area contributed by atoms with Crippen LogP contribution in [0.2, 0.25) is 5.02 Å². The van der Waals surface area contributed by atoms with E-state index in [9.17, 15) is 9.59 Å². The molecule has 0 N–H and O–H groups in total. The zero-order valence-electron chi connectivity index (χ0n) is 16.5. The largest absolute Gasteiger partial charge is 0.450 e. The summed E-state index contributed by atoms with van der Waals surface area (Å²) in [7, 11) is 0. The van der Waals surface area contributed by atoms with Gasteiger partial charge in [0.25, 0.3) is 5.91 Å². The topological polar surface area (TPSA) is 63.4 Å². The Morgan fingerprint density at radius 1 is 1.07 bits per heavy atom. The lowest BCUT2D eigenvalue weighted by Crippen LogP contribution is -2.29. The summed E-state index contributed by atoms with van der Waals surface area (Å²) in [5.74, 6) is -0.302. The highest BCUT2D eigenvalue weighted by atomic mass is 35.5. The summed E-state index contributed by atoms with van der Waals surface area (Å²) >= 11 is 7.55. The van der Waals surface area contributed by atoms with Gasteiger partial charge in [0.1, 0.15) is 5.58 Å². The van der Waals surface area contributed by atoms with Gasteiger partial charge in [0.2, 0.25) is 5.76 Å². The van der Waals surface area contributed by atoms with Crippen LogP contribution in [0.3, 0.4) is 0 Å². The number of aryl methyl sites for hydroxylation is 3. The Morgan fingerprint density at radius 2 is 1.80 bits per heavy atom. The van der Waals surface area contributed by atoms with Gasteiger partial charge < -0.3 is 4.42 Å². The average molecular weight is 437 g/mol. The van der Waals surface area contributed by atoms with Crippen LogP contribution < -0.4 is 10.3 Å². The number of halogens is 1. The molecule has 0 saturated heterocycles. The Balaban J connectivity index is 1.82. The first-order chi connectivity index (χ1) is 14.3. The summed E-state index contributed by atoms with van der Waals surface area (Å²) in [6.07, 6.45) is 0. The first-order valence-electron chi connectivity index (χ1n) is 9.45. The SMILES string of the molecule is Cc1ccc([C@@H]2c3c(oc4ccc(Cl)cc4c3=O)C(=O)N2c2nc(C)c(C)s2)cc1. The standard InChI is InChI=1S/C23H17ClN2O3S/c1-11-4-6-14(7-5-11)19-18-20(27)16-10-15(24)8-9-17(16)29-21(18)22(28)26(19)23-25-12(2)13(3)30-23/h4-10,19H,1-3H3/t19-/m1/s1. The highest BCUT2D eigenvalue weighted by molar-refractivity contribution is 7.15. The highest BCUT2D eigenvalue weighted by Gasteiger charge is 2.45. The van der Waals surface area contributed by atoms with Gasteiger partial charge in [-0.15, -0.1) is 11.3 Å². The molecule has 7 heteroatoms. The molecule has 1 amide bonds. The molecule has 0 bridgehead atoms. The van der Waals surface area contributed by atoms with Crippen LogP contribution in [0.25, 0.3) is 11.0 Å². The normalized spacial score (nSPS) is 15.8. The maximum Gasteiger partial charge on any atom is 0.297 e. The summed E-state index contributed by atoms with van der Waals surface area (Å²) in [4.78, 5) is 34.2. The van der Waals surface area contributed by atoms with Crippen LogP contribution in [-0.2, 0) is 0 Å². The molecule has 1 aliphatic rings. The molecule has 2 aromatic heterocycles. The summed E-state index contributed by atoms with van der Waals surface area (Å²) in [6.45, 7) is 5.86. The number of thiazole rings is 1. The molecule has 30 heavy (non-hydrogen) atoms. The lowest BCUT2D eigenvalue weighted by Gasteiger charge is -2.22. The first kappa shape index (κ1) is 19.0. The Labute approximate surface area is 181 Å². The molecule has 0 saturated carbocycles. The first-order valence-corrected chi connectivity index (χ1v) is 10.6. The molecule has 0 unspecified atom stereocenters. The van der Waals surface area contributed by atoms with Gasteiger partial charge in [-0.05, 0) is 44.5 Å². The van der Waals surface area contributed by atoms with Gasteiger partial charge in [-0.25, -0.2) is 4.98 Å². The van der Waals surface area contributed by atoms with Gasteiger partial charge in [-0.2, -0.15) is 0 Å². The maximum absolute atomic E-state index is 13.5. The Kier molecular flexibility index (Phi) is 4.31. The number of aromatic nitrogens is 1. The third-order valence-electron chi connectivity index (χ3n) is 5.45. The fraction of sp³-hybridized carbons (Fsp3) is 0.174. The number of nitrogens with zero attached hydrogens (tertiary/aromatic N) is 2. The number of anilines is 1. The second kappa shape index (κ2) is 6.79. The van der Waals surface area contributed by atoms with E-state index in [1.54, 1.807) is 23.1 Å². The molecule has 150 valence electrons. The van der Waals surface area contributed by atoms with Crippen molar-refractivity contribution in [2.45, 2.75) is 26.8 Å². The van der Waals surface area contributed by atoms with E-state index in [-0.39, 0.29) is 17.1 Å². The fourth-order valence-electron chi connectivity index (χ4n) is 3.77. The van der Waals surface area contributed by atoms with Crippen LogP contribution >= 0.6 is 22.9 Å². The Morgan fingerprint density at radius 3 is 2.47 bits per heavy atom. The summed E-state index contributed by atoms with van der Waals surface area (Å²) in [5, 5.41) is 1.35. The average Bonchev–Trinajstić information content (AvgIpc) is 3.20. The molecular weight excluding hydrogens is 420 g/mol. The quantitative estimate of drug-likeness (QED) is 0.411. The van der Waals surface area contributed by atoms with Crippen molar-refractivity contribution in [3.8, 4) is 0 Å². The fourth-order valence-corrected chi connectivity index (χ4v) is 4.87. The molecule has 5 rings (SSSR count). The molecule has 0 fully saturated rings. The predicted octanol–water partition coefficient (Wildman–Crippen LogP) is 5.58. The van der Waals surface area contributed by atoms with Crippen molar-refractivity contribution in [2.75, 3.05) is 4.90 Å². The van der Waals surface area contributed by atoms with Gasteiger partial charge in [0.15, 0.2) is 10.6 Å². The monoisotopic (exact) mass is 436 g/mol. The van der Waals surface area contributed by atoms with E-state index in [4.69, 9.17) is 16.0 Å². The van der Waals surface area contributed by atoms with Crippen molar-refractivity contribution < 1.29 is 9.21 Å². The molecule has 5 nitrogen and oxygen atoms in total. The van der Waals surface area contributed by atoms with E-state index in [1.807, 2.05) is 45.0 Å². The predicted molar refractivity (Wildman–Crippen MR) is 119 cm³/mol. The van der Waals surface area contributed by atoms with Crippen LogP contribution in [0.1, 0.15) is 43.9 Å². The molecule has 1 aliphatic heterocycles. The highest BCUT2D eigenvalue weighted by Crippen LogP contribution is 2.43. The second-order valence-corrected chi connectivity index (χ2v) is 9.06. The van der Waals surface area contributed by atoms with Crippen LogP contribution in [0.5, 0.6) is 0 Å². The van der Waals surface area contributed by atoms with E-state index < -0.39 is 6.04 Å². The second-order valence-electron chi connectivity index (χ2n) is 7.44. The van der Waals surface area contributed by atoms with Crippen LogP contribution in [0, 0.1) is 20.8 Å². The number of benzene rings is 2. The van der Waals surface area contributed by atoms with Crippen molar-refractivity contribution in [1.29, 1.82) is 0 Å². The van der Waals surface area contributed by atoms with Crippen molar-refractivity contribution in [1.82, 2.24) is 4.98 Å². The third kappa shape index (κ3) is 2.79. The molecule has 1 atom stereocenters. The van der Waals surface area contributed by atoms with Crippen molar-refractivity contribution in [3.63, 3.8) is 0 Å². The smallest absolute Gasteiger partial charge is 0.297 e. The minimum atomic E-state index is -0.613. The number of amides is 1. The number of hydrogen-bond donors (Lipinski definition) is 0. The molecule has 0 aliphatic carbocycles. The molecular formula is C23H17ClN2O3S. The summed E-state index contributed by atoms with van der Waals surface area (Å²) in [6, 6.07) is 12.0. The molecule has 2 aromatic carbocycles. The summed E-state index contributed by atoms with van der Waals surface area (Å²) in [5.41, 5.74) is 3.19. The molecule has 3 heterocycles. The van der Waals surface area contributed by atoms with Crippen molar-refractivity contribution in [3.05, 3.63) is 90.7 Å². The van der Waals surface area contributed by atoms with E-state index in [1.165, 1.54) is 11.3 Å². The zero-order valence-corrected chi connectivity index (χ0v) is 18.1. The number of rotatable bonds is 2. The van der Waals surface area contributed by atoms with Gasteiger partial charge in [0.05, 0.1) is 22.7 Å². The number of fused-ring (bicyclic) bond motifs is 2. The lowest BCUT2D eigenvalue weighted by atomic mass is 9.98. The third-order valence-corrected chi connectivity index (χ3v) is 6.76. The lowest BCUT2D eigenvalue weighted by molar-refractivity contribution is 0.0971. The zero-order chi connectivity index (χ0) is 21.2.